The average molecular weight is 306 g/mol. The predicted octanol–water partition coefficient (Wildman–Crippen LogP) is 2.39. The first-order valence-corrected chi connectivity index (χ1v) is 8.12. The van der Waals surface area contributed by atoms with E-state index in [0.29, 0.717) is 38.7 Å². The average Bonchev–Trinajstić information content (AvgIpc) is 2.36. The maximum Gasteiger partial charge on any atom is 0.122 e. The van der Waals surface area contributed by atoms with E-state index in [1.54, 1.807) is 0 Å². The van der Waals surface area contributed by atoms with E-state index >= 15 is 0 Å². The molecular formula is C15H28ClNO3. The number of nitrogens with one attached hydrogen (secondary N) is 1. The molecule has 0 amide bonds. The molecular weight excluding hydrogens is 278 g/mol. The van der Waals surface area contributed by atoms with E-state index < -0.39 is 0 Å². The van der Waals surface area contributed by atoms with Gasteiger partial charge >= 0.3 is 0 Å². The second kappa shape index (κ2) is 10.6. The maximum absolute atomic E-state index is 9.81. The number of carbonyl (C=O) groups excluding carboxylic acids is 1. The standard InChI is InChI=1S/C8H15N.C7H13ClO3/c1-9-7-5-8(6-7)3-2-4-8;8-2-5-11-7-6-10-4-1-3-9/h7,9H,2-6H2,1H3;3H,1-2,4-7H2. The molecule has 2 aliphatic carbocycles. The Hall–Kier alpha value is -0.160. The summed E-state index contributed by atoms with van der Waals surface area (Å²) in [4.78, 5) is 9.81. The van der Waals surface area contributed by atoms with Gasteiger partial charge in [-0.1, -0.05) is 6.42 Å². The number of hydrogen-bond acceptors (Lipinski definition) is 4. The van der Waals surface area contributed by atoms with E-state index in [0.717, 1.165) is 17.7 Å². The van der Waals surface area contributed by atoms with Gasteiger partial charge in [-0.3, -0.25) is 0 Å². The van der Waals surface area contributed by atoms with Gasteiger partial charge in [-0.2, -0.15) is 0 Å². The molecule has 5 heteroatoms. The SMILES string of the molecule is CNC1CC2(CCC2)C1.O=CCCOCCOCCCl. The molecule has 20 heavy (non-hydrogen) atoms. The fourth-order valence-corrected chi connectivity index (χ4v) is 2.89. The Morgan fingerprint density at radius 1 is 1.20 bits per heavy atom. The second-order valence-electron chi connectivity index (χ2n) is 5.62. The third kappa shape index (κ3) is 6.53. The summed E-state index contributed by atoms with van der Waals surface area (Å²) in [6.45, 7) is 2.11. The molecule has 0 heterocycles. The molecule has 118 valence electrons. The van der Waals surface area contributed by atoms with Gasteiger partial charge in [-0.05, 0) is 38.1 Å². The van der Waals surface area contributed by atoms with Gasteiger partial charge in [0.2, 0.25) is 0 Å². The third-order valence-electron chi connectivity index (χ3n) is 4.15. The molecule has 0 radical (unpaired) electrons. The molecule has 0 aromatic heterocycles. The van der Waals surface area contributed by atoms with Crippen molar-refractivity contribution in [2.75, 3.05) is 39.4 Å². The molecule has 2 fully saturated rings. The molecule has 0 saturated heterocycles. The van der Waals surface area contributed by atoms with Crippen LogP contribution >= 0.6 is 11.6 Å². The smallest absolute Gasteiger partial charge is 0.122 e. The van der Waals surface area contributed by atoms with Crippen LogP contribution in [0, 0.1) is 5.41 Å². The number of alkyl halides is 1. The van der Waals surface area contributed by atoms with Gasteiger partial charge in [0.05, 0.1) is 26.4 Å². The van der Waals surface area contributed by atoms with Crippen LogP contribution in [-0.4, -0.2) is 51.7 Å². The number of aldehydes is 1. The quantitative estimate of drug-likeness (QED) is 0.404. The highest BCUT2D eigenvalue weighted by Gasteiger charge is 2.47. The van der Waals surface area contributed by atoms with Gasteiger partial charge in [-0.15, -0.1) is 11.6 Å². The normalized spacial score (nSPS) is 19.7. The fourth-order valence-electron chi connectivity index (χ4n) is 2.78. The highest BCUT2D eigenvalue weighted by Crippen LogP contribution is 2.55. The van der Waals surface area contributed by atoms with Gasteiger partial charge in [0, 0.05) is 18.3 Å². The van der Waals surface area contributed by atoms with Crippen molar-refractivity contribution in [2.24, 2.45) is 5.41 Å². The minimum atomic E-state index is 0.454. The zero-order chi connectivity index (χ0) is 14.7. The van der Waals surface area contributed by atoms with Crippen LogP contribution < -0.4 is 5.32 Å². The summed E-state index contributed by atoms with van der Waals surface area (Å²) in [5.74, 6) is 0.508. The zero-order valence-electron chi connectivity index (χ0n) is 12.5. The molecule has 2 rings (SSSR count). The Kier molecular flexibility index (Phi) is 9.44. The van der Waals surface area contributed by atoms with Crippen molar-refractivity contribution in [3.8, 4) is 0 Å². The van der Waals surface area contributed by atoms with E-state index in [-0.39, 0.29) is 0 Å². The Bertz CT molecular complexity index is 252. The van der Waals surface area contributed by atoms with Gasteiger partial charge < -0.3 is 19.6 Å². The summed E-state index contributed by atoms with van der Waals surface area (Å²) < 4.78 is 10.0. The fraction of sp³-hybridized carbons (Fsp3) is 0.933. The minimum absolute atomic E-state index is 0.454. The molecule has 0 aromatic rings. The summed E-state index contributed by atoms with van der Waals surface area (Å²) in [6.07, 6.45) is 8.74. The van der Waals surface area contributed by atoms with Crippen molar-refractivity contribution in [2.45, 2.75) is 44.6 Å². The van der Waals surface area contributed by atoms with E-state index in [1.807, 2.05) is 0 Å². The second-order valence-corrected chi connectivity index (χ2v) is 5.99. The molecule has 2 aliphatic rings. The van der Waals surface area contributed by atoms with Gasteiger partial charge in [0.15, 0.2) is 0 Å². The molecule has 4 nitrogen and oxygen atoms in total. The van der Waals surface area contributed by atoms with Crippen LogP contribution in [0.25, 0.3) is 0 Å². The molecule has 2 saturated carbocycles. The van der Waals surface area contributed by atoms with Crippen LogP contribution in [0.1, 0.15) is 38.5 Å². The van der Waals surface area contributed by atoms with Crippen molar-refractivity contribution < 1.29 is 14.3 Å². The topological polar surface area (TPSA) is 47.6 Å². The van der Waals surface area contributed by atoms with Crippen LogP contribution in [0.3, 0.4) is 0 Å². The monoisotopic (exact) mass is 305 g/mol. The van der Waals surface area contributed by atoms with Gasteiger partial charge in [-0.25, -0.2) is 0 Å². The van der Waals surface area contributed by atoms with Gasteiger partial charge in [0.25, 0.3) is 0 Å². The summed E-state index contributed by atoms with van der Waals surface area (Å²) in [5, 5.41) is 3.32. The van der Waals surface area contributed by atoms with Crippen molar-refractivity contribution in [3.63, 3.8) is 0 Å². The first-order valence-electron chi connectivity index (χ1n) is 7.59. The number of ether oxygens (including phenoxy) is 2. The summed E-state index contributed by atoms with van der Waals surface area (Å²) >= 11 is 5.35. The first kappa shape index (κ1) is 17.9. The lowest BCUT2D eigenvalue weighted by Crippen LogP contribution is -2.51. The zero-order valence-corrected chi connectivity index (χ0v) is 13.3. The van der Waals surface area contributed by atoms with Gasteiger partial charge in [0.1, 0.15) is 6.29 Å². The van der Waals surface area contributed by atoms with E-state index in [2.05, 4.69) is 12.4 Å². The Labute approximate surface area is 127 Å². The number of halogens is 1. The summed E-state index contributed by atoms with van der Waals surface area (Å²) in [6, 6.07) is 0.866. The lowest BCUT2D eigenvalue weighted by atomic mass is 9.54. The van der Waals surface area contributed by atoms with Crippen LogP contribution in [0.15, 0.2) is 0 Å². The van der Waals surface area contributed by atoms with Crippen LogP contribution in [0.2, 0.25) is 0 Å². The summed E-state index contributed by atoms with van der Waals surface area (Å²) in [7, 11) is 2.08. The van der Waals surface area contributed by atoms with E-state index in [9.17, 15) is 4.79 Å². The highest BCUT2D eigenvalue weighted by atomic mass is 35.5. The van der Waals surface area contributed by atoms with E-state index in [1.165, 1.54) is 32.1 Å². The molecule has 0 bridgehead atoms. The summed E-state index contributed by atoms with van der Waals surface area (Å²) in [5.41, 5.74) is 0.855. The molecule has 0 atom stereocenters. The molecule has 0 aliphatic heterocycles. The number of hydrogen-bond donors (Lipinski definition) is 1. The van der Waals surface area contributed by atoms with Crippen LogP contribution in [0.4, 0.5) is 0 Å². The lowest BCUT2D eigenvalue weighted by Gasteiger charge is -2.54. The van der Waals surface area contributed by atoms with Crippen molar-refractivity contribution in [1.29, 1.82) is 0 Å². The molecule has 1 spiro atoms. The Balaban J connectivity index is 0.000000202. The van der Waals surface area contributed by atoms with E-state index in [4.69, 9.17) is 21.1 Å². The highest BCUT2D eigenvalue weighted by molar-refractivity contribution is 6.17. The molecule has 0 unspecified atom stereocenters. The Morgan fingerprint density at radius 2 is 1.85 bits per heavy atom. The number of carbonyl (C=O) groups is 1. The number of rotatable bonds is 9. The minimum Gasteiger partial charge on any atom is -0.379 e. The lowest BCUT2D eigenvalue weighted by molar-refractivity contribution is -0.108. The largest absolute Gasteiger partial charge is 0.379 e. The molecule has 1 N–H and O–H groups in total. The van der Waals surface area contributed by atoms with Crippen molar-refractivity contribution in [1.82, 2.24) is 5.32 Å². The van der Waals surface area contributed by atoms with Crippen molar-refractivity contribution >= 4 is 17.9 Å². The maximum atomic E-state index is 9.81. The first-order chi connectivity index (χ1) is 9.76. The predicted molar refractivity (Wildman–Crippen MR) is 81.4 cm³/mol. The van der Waals surface area contributed by atoms with Crippen LogP contribution in [-0.2, 0) is 14.3 Å². The van der Waals surface area contributed by atoms with Crippen LogP contribution in [0.5, 0.6) is 0 Å². The third-order valence-corrected chi connectivity index (χ3v) is 4.31. The Morgan fingerprint density at radius 3 is 2.30 bits per heavy atom. The molecule has 0 aromatic carbocycles. The van der Waals surface area contributed by atoms with Crippen molar-refractivity contribution in [3.05, 3.63) is 0 Å².